The van der Waals surface area contributed by atoms with Gasteiger partial charge in [-0.05, 0) is 0 Å². The Labute approximate surface area is 118 Å². The van der Waals surface area contributed by atoms with Crippen LogP contribution in [0, 0.1) is 5.92 Å². The summed E-state index contributed by atoms with van der Waals surface area (Å²) in [5.41, 5.74) is -1.91. The van der Waals surface area contributed by atoms with Crippen LogP contribution in [0.4, 0.5) is 0 Å². The van der Waals surface area contributed by atoms with E-state index in [2.05, 4.69) is 4.98 Å². The Morgan fingerprint density at radius 3 is 2.67 bits per heavy atom. The standard InChI is InChI=1S/C10H13N3O7S/c1-13(6-4-20-3-5(6)9(15)16)21(18,19)7-2-11-10(17)12-8(7)14/h2,5-6H,3-4H2,1H3,(H,15,16)(H2,11,12,14,17). The minimum Gasteiger partial charge on any atom is -0.481 e. The molecule has 1 aliphatic heterocycles. The molecule has 0 aromatic carbocycles. The number of sulfonamides is 1. The molecule has 2 rings (SSSR count). The van der Waals surface area contributed by atoms with Crippen molar-refractivity contribution < 1.29 is 23.1 Å². The van der Waals surface area contributed by atoms with Crippen molar-refractivity contribution in [1.29, 1.82) is 0 Å². The second-order valence-electron chi connectivity index (χ2n) is 4.51. The highest BCUT2D eigenvalue weighted by atomic mass is 32.2. The number of nitrogens with zero attached hydrogens (tertiary/aromatic N) is 1. The molecule has 1 fully saturated rings. The van der Waals surface area contributed by atoms with Gasteiger partial charge in [-0.1, -0.05) is 0 Å². The highest BCUT2D eigenvalue weighted by Gasteiger charge is 2.42. The molecule has 1 aliphatic rings. The fourth-order valence-corrected chi connectivity index (χ4v) is 3.43. The number of aromatic nitrogens is 2. The van der Waals surface area contributed by atoms with Crippen molar-refractivity contribution in [3.05, 3.63) is 27.0 Å². The summed E-state index contributed by atoms with van der Waals surface area (Å²) in [5, 5.41) is 9.04. The molecular formula is C10H13N3O7S. The summed E-state index contributed by atoms with van der Waals surface area (Å²) in [6.07, 6.45) is 0.776. The molecule has 0 aliphatic carbocycles. The van der Waals surface area contributed by atoms with Crippen LogP contribution in [0.5, 0.6) is 0 Å². The number of H-pyrrole nitrogens is 2. The molecule has 0 bridgehead atoms. The number of likely N-dealkylation sites (N-methyl/N-ethyl adjacent to an activating group) is 1. The van der Waals surface area contributed by atoms with Gasteiger partial charge in [0, 0.05) is 13.2 Å². The number of hydrogen-bond donors (Lipinski definition) is 3. The van der Waals surface area contributed by atoms with Crippen molar-refractivity contribution in [2.75, 3.05) is 20.3 Å². The van der Waals surface area contributed by atoms with Crippen molar-refractivity contribution in [3.63, 3.8) is 0 Å². The van der Waals surface area contributed by atoms with Crippen LogP contribution >= 0.6 is 0 Å². The molecule has 116 valence electrons. The Morgan fingerprint density at radius 1 is 1.43 bits per heavy atom. The van der Waals surface area contributed by atoms with Crippen LogP contribution in [-0.4, -0.2) is 60.1 Å². The molecule has 11 heteroatoms. The first-order chi connectivity index (χ1) is 9.75. The highest BCUT2D eigenvalue weighted by Crippen LogP contribution is 2.23. The summed E-state index contributed by atoms with van der Waals surface area (Å²) >= 11 is 0. The monoisotopic (exact) mass is 319 g/mol. The molecule has 0 spiro atoms. The molecule has 1 aromatic rings. The second-order valence-corrected chi connectivity index (χ2v) is 6.47. The third-order valence-electron chi connectivity index (χ3n) is 3.28. The van der Waals surface area contributed by atoms with Crippen LogP contribution in [0.1, 0.15) is 0 Å². The molecule has 10 nitrogen and oxygen atoms in total. The van der Waals surface area contributed by atoms with Gasteiger partial charge in [-0.25, -0.2) is 13.2 Å². The molecule has 2 heterocycles. The van der Waals surface area contributed by atoms with Crippen molar-refractivity contribution in [1.82, 2.24) is 14.3 Å². The molecule has 3 N–H and O–H groups in total. The number of rotatable bonds is 4. The maximum Gasteiger partial charge on any atom is 0.325 e. The molecule has 2 unspecified atom stereocenters. The predicted molar refractivity (Wildman–Crippen MR) is 68.4 cm³/mol. The number of hydrogen-bond acceptors (Lipinski definition) is 6. The summed E-state index contributed by atoms with van der Waals surface area (Å²) in [7, 11) is -3.10. The van der Waals surface area contributed by atoms with E-state index in [4.69, 9.17) is 9.84 Å². The fourth-order valence-electron chi connectivity index (χ4n) is 2.06. The van der Waals surface area contributed by atoms with E-state index in [-0.39, 0.29) is 13.2 Å². The lowest BCUT2D eigenvalue weighted by Crippen LogP contribution is -2.45. The summed E-state index contributed by atoms with van der Waals surface area (Å²) in [5.74, 6) is -2.21. The van der Waals surface area contributed by atoms with Gasteiger partial charge in [-0.15, -0.1) is 0 Å². The minimum atomic E-state index is -4.26. The first-order valence-corrected chi connectivity index (χ1v) is 7.29. The van der Waals surface area contributed by atoms with E-state index in [1.807, 2.05) is 0 Å². The third kappa shape index (κ3) is 2.75. The van der Waals surface area contributed by atoms with Gasteiger partial charge in [-0.2, -0.15) is 4.31 Å². The van der Waals surface area contributed by atoms with Gasteiger partial charge in [0.05, 0.1) is 25.2 Å². The number of carboxylic acids is 1. The molecule has 1 aromatic heterocycles. The van der Waals surface area contributed by atoms with Crippen LogP contribution < -0.4 is 11.2 Å². The fraction of sp³-hybridized carbons (Fsp3) is 0.500. The zero-order valence-corrected chi connectivity index (χ0v) is 11.7. The average Bonchev–Trinajstić information content (AvgIpc) is 2.86. The van der Waals surface area contributed by atoms with Crippen LogP contribution in [-0.2, 0) is 19.6 Å². The number of carbonyl (C=O) groups is 1. The van der Waals surface area contributed by atoms with Gasteiger partial charge in [0.15, 0.2) is 4.90 Å². The van der Waals surface area contributed by atoms with Gasteiger partial charge in [0.2, 0.25) is 10.0 Å². The Bertz CT molecular complexity index is 765. The summed E-state index contributed by atoms with van der Waals surface area (Å²) < 4.78 is 30.5. The summed E-state index contributed by atoms with van der Waals surface area (Å²) in [6.45, 7) is -0.199. The van der Waals surface area contributed by atoms with E-state index in [0.717, 1.165) is 17.5 Å². The Kier molecular flexibility index (Phi) is 3.98. The Hall–Kier alpha value is -1.98. The molecule has 21 heavy (non-hydrogen) atoms. The zero-order chi connectivity index (χ0) is 15.8. The van der Waals surface area contributed by atoms with Crippen LogP contribution in [0.25, 0.3) is 0 Å². The topological polar surface area (TPSA) is 150 Å². The molecule has 0 radical (unpaired) electrons. The lowest BCUT2D eigenvalue weighted by Gasteiger charge is -2.25. The molecule has 1 saturated heterocycles. The lowest BCUT2D eigenvalue weighted by atomic mass is 10.1. The first-order valence-electron chi connectivity index (χ1n) is 5.85. The van der Waals surface area contributed by atoms with Crippen molar-refractivity contribution in [3.8, 4) is 0 Å². The van der Waals surface area contributed by atoms with Crippen LogP contribution in [0.2, 0.25) is 0 Å². The average molecular weight is 319 g/mol. The number of aliphatic carboxylic acids is 1. The highest BCUT2D eigenvalue weighted by molar-refractivity contribution is 7.89. The number of carboxylic acid groups (broad SMARTS) is 1. The van der Waals surface area contributed by atoms with Gasteiger partial charge < -0.3 is 14.8 Å². The number of nitrogens with one attached hydrogen (secondary N) is 2. The molecule has 2 atom stereocenters. The summed E-state index contributed by atoms with van der Waals surface area (Å²) in [6, 6.07) is -0.932. The van der Waals surface area contributed by atoms with E-state index in [0.29, 0.717) is 0 Å². The van der Waals surface area contributed by atoms with E-state index in [1.165, 1.54) is 0 Å². The summed E-state index contributed by atoms with van der Waals surface area (Å²) in [4.78, 5) is 36.8. The predicted octanol–water partition coefficient (Wildman–Crippen LogP) is -2.22. The zero-order valence-electron chi connectivity index (χ0n) is 10.9. The lowest BCUT2D eigenvalue weighted by molar-refractivity contribution is -0.142. The Balaban J connectivity index is 2.41. The van der Waals surface area contributed by atoms with Gasteiger partial charge >= 0.3 is 11.7 Å². The largest absolute Gasteiger partial charge is 0.481 e. The molecular weight excluding hydrogens is 306 g/mol. The van der Waals surface area contributed by atoms with E-state index in [1.54, 1.807) is 4.98 Å². The smallest absolute Gasteiger partial charge is 0.325 e. The quantitative estimate of drug-likeness (QED) is 0.569. The van der Waals surface area contributed by atoms with Crippen molar-refractivity contribution in [2.24, 2.45) is 5.92 Å². The van der Waals surface area contributed by atoms with Crippen molar-refractivity contribution >= 4 is 16.0 Å². The van der Waals surface area contributed by atoms with Crippen LogP contribution in [0.15, 0.2) is 20.7 Å². The van der Waals surface area contributed by atoms with E-state index < -0.39 is 44.1 Å². The molecule has 0 amide bonds. The number of aromatic amines is 2. The van der Waals surface area contributed by atoms with Crippen LogP contribution in [0.3, 0.4) is 0 Å². The van der Waals surface area contributed by atoms with E-state index in [9.17, 15) is 22.8 Å². The normalized spacial score (nSPS) is 22.6. The third-order valence-corrected chi connectivity index (χ3v) is 5.17. The minimum absolute atomic E-state index is 0.0893. The number of ether oxygens (including phenoxy) is 1. The maximum absolute atomic E-state index is 12.4. The SMILES string of the molecule is CN(C1COCC1C(=O)O)S(=O)(=O)c1c[nH]c(=O)[nH]c1=O. The van der Waals surface area contributed by atoms with Gasteiger partial charge in [-0.3, -0.25) is 14.6 Å². The van der Waals surface area contributed by atoms with Gasteiger partial charge in [0.25, 0.3) is 5.56 Å². The van der Waals surface area contributed by atoms with Gasteiger partial charge in [0.1, 0.15) is 0 Å². The first kappa shape index (κ1) is 15.4. The molecule has 0 saturated carbocycles. The van der Waals surface area contributed by atoms with Crippen molar-refractivity contribution in [2.45, 2.75) is 10.9 Å². The second kappa shape index (κ2) is 5.42. The Morgan fingerprint density at radius 2 is 2.10 bits per heavy atom. The maximum atomic E-state index is 12.4. The van der Waals surface area contributed by atoms with E-state index >= 15 is 0 Å².